The van der Waals surface area contributed by atoms with E-state index >= 15 is 0 Å². The van der Waals surface area contributed by atoms with Gasteiger partial charge >= 0.3 is 5.97 Å². The SMILES string of the molecule is C=CCCC(C)(Nc1ccc(Cl)c(Br)c1)C(=O)OCC. The normalized spacial score (nSPS) is 13.4. The first-order chi connectivity index (χ1) is 9.42. The summed E-state index contributed by atoms with van der Waals surface area (Å²) in [7, 11) is 0. The van der Waals surface area contributed by atoms with E-state index in [1.165, 1.54) is 0 Å². The van der Waals surface area contributed by atoms with Crippen molar-refractivity contribution in [3.63, 3.8) is 0 Å². The van der Waals surface area contributed by atoms with Crippen molar-refractivity contribution in [2.24, 2.45) is 0 Å². The predicted octanol–water partition coefficient (Wildman–Crippen LogP) is 4.80. The van der Waals surface area contributed by atoms with Gasteiger partial charge in [-0.1, -0.05) is 17.7 Å². The highest BCUT2D eigenvalue weighted by Crippen LogP contribution is 2.28. The molecule has 1 atom stereocenters. The first-order valence-corrected chi connectivity index (χ1v) is 7.61. The van der Waals surface area contributed by atoms with Crippen molar-refractivity contribution in [1.29, 1.82) is 0 Å². The number of carbonyl (C=O) groups excluding carboxylic acids is 1. The van der Waals surface area contributed by atoms with Gasteiger partial charge < -0.3 is 10.1 Å². The summed E-state index contributed by atoms with van der Waals surface area (Å²) in [4.78, 5) is 12.2. The van der Waals surface area contributed by atoms with Gasteiger partial charge in [-0.05, 0) is 60.8 Å². The summed E-state index contributed by atoms with van der Waals surface area (Å²) in [5.41, 5.74) is 0.0122. The summed E-state index contributed by atoms with van der Waals surface area (Å²) in [6.07, 6.45) is 3.11. The molecule has 1 unspecified atom stereocenters. The highest BCUT2D eigenvalue weighted by atomic mass is 79.9. The Bertz CT molecular complexity index is 493. The zero-order valence-corrected chi connectivity index (χ0v) is 14.1. The maximum Gasteiger partial charge on any atom is 0.331 e. The van der Waals surface area contributed by atoms with Crippen LogP contribution in [-0.4, -0.2) is 18.1 Å². The van der Waals surface area contributed by atoms with Gasteiger partial charge in [0.05, 0.1) is 11.6 Å². The highest BCUT2D eigenvalue weighted by Gasteiger charge is 2.34. The van der Waals surface area contributed by atoms with Gasteiger partial charge in [-0.15, -0.1) is 6.58 Å². The molecule has 0 aliphatic carbocycles. The van der Waals surface area contributed by atoms with Crippen LogP contribution in [0.15, 0.2) is 35.3 Å². The van der Waals surface area contributed by atoms with Gasteiger partial charge in [0.1, 0.15) is 5.54 Å². The third-order valence-corrected chi connectivity index (χ3v) is 4.13. The molecule has 0 heterocycles. The van der Waals surface area contributed by atoms with Gasteiger partial charge in [0, 0.05) is 10.2 Å². The number of allylic oxidation sites excluding steroid dienone is 1. The molecule has 1 rings (SSSR count). The van der Waals surface area contributed by atoms with E-state index in [1.807, 2.05) is 19.1 Å². The van der Waals surface area contributed by atoms with E-state index in [9.17, 15) is 4.79 Å². The fourth-order valence-corrected chi connectivity index (χ4v) is 2.29. The predicted molar refractivity (Wildman–Crippen MR) is 87.2 cm³/mol. The van der Waals surface area contributed by atoms with Crippen LogP contribution in [0.25, 0.3) is 0 Å². The summed E-state index contributed by atoms with van der Waals surface area (Å²) >= 11 is 9.34. The van der Waals surface area contributed by atoms with Gasteiger partial charge in [0.25, 0.3) is 0 Å². The number of hydrogen-bond donors (Lipinski definition) is 1. The van der Waals surface area contributed by atoms with E-state index in [4.69, 9.17) is 16.3 Å². The van der Waals surface area contributed by atoms with E-state index < -0.39 is 5.54 Å². The number of carbonyl (C=O) groups is 1. The molecule has 0 radical (unpaired) electrons. The average molecular weight is 361 g/mol. The molecule has 0 aliphatic rings. The van der Waals surface area contributed by atoms with E-state index in [0.717, 1.165) is 16.6 Å². The van der Waals surface area contributed by atoms with Gasteiger partial charge in [-0.25, -0.2) is 4.79 Å². The Kier molecular flexibility index (Phi) is 6.56. The van der Waals surface area contributed by atoms with Crippen LogP contribution in [0.5, 0.6) is 0 Å². The van der Waals surface area contributed by atoms with Gasteiger partial charge in [0.2, 0.25) is 0 Å². The average Bonchev–Trinajstić information content (AvgIpc) is 2.41. The van der Waals surface area contributed by atoms with Crippen LogP contribution in [0.4, 0.5) is 5.69 Å². The third-order valence-electron chi connectivity index (χ3n) is 2.91. The quantitative estimate of drug-likeness (QED) is 0.560. The van der Waals surface area contributed by atoms with Crippen molar-refractivity contribution in [2.75, 3.05) is 11.9 Å². The number of hydrogen-bond acceptors (Lipinski definition) is 3. The van der Waals surface area contributed by atoms with Crippen molar-refractivity contribution in [3.05, 3.63) is 40.3 Å². The van der Waals surface area contributed by atoms with Crippen molar-refractivity contribution in [1.82, 2.24) is 0 Å². The number of esters is 1. The first-order valence-electron chi connectivity index (χ1n) is 6.44. The van der Waals surface area contributed by atoms with Crippen molar-refractivity contribution >= 4 is 39.2 Å². The third kappa shape index (κ3) is 4.53. The Labute approximate surface area is 133 Å². The number of ether oxygens (including phenoxy) is 1. The molecule has 1 aromatic rings. The molecule has 0 spiro atoms. The molecular formula is C15H19BrClNO2. The molecule has 5 heteroatoms. The summed E-state index contributed by atoms with van der Waals surface area (Å²) in [5.74, 6) is -0.270. The smallest absolute Gasteiger partial charge is 0.331 e. The highest BCUT2D eigenvalue weighted by molar-refractivity contribution is 9.10. The van der Waals surface area contributed by atoms with E-state index in [1.54, 1.807) is 19.1 Å². The molecule has 0 saturated carbocycles. The molecule has 1 aromatic carbocycles. The molecular weight excluding hydrogens is 342 g/mol. The Morgan fingerprint density at radius 3 is 2.85 bits per heavy atom. The minimum atomic E-state index is -0.794. The lowest BCUT2D eigenvalue weighted by Crippen LogP contribution is -2.44. The first kappa shape index (κ1) is 17.1. The van der Waals surface area contributed by atoms with Crippen LogP contribution in [0.1, 0.15) is 26.7 Å². The van der Waals surface area contributed by atoms with Crippen molar-refractivity contribution in [3.8, 4) is 0 Å². The second-order valence-corrected chi connectivity index (χ2v) is 5.90. The van der Waals surface area contributed by atoms with Gasteiger partial charge in [0.15, 0.2) is 0 Å². The lowest BCUT2D eigenvalue weighted by molar-refractivity contribution is -0.148. The zero-order chi connectivity index (χ0) is 15.2. The lowest BCUT2D eigenvalue weighted by Gasteiger charge is -2.29. The van der Waals surface area contributed by atoms with Crippen molar-refractivity contribution in [2.45, 2.75) is 32.2 Å². The summed E-state index contributed by atoms with van der Waals surface area (Å²) < 4.78 is 5.93. The molecule has 0 bridgehead atoms. The minimum absolute atomic E-state index is 0.270. The van der Waals surface area contributed by atoms with E-state index in [0.29, 0.717) is 18.1 Å². The molecule has 3 nitrogen and oxygen atoms in total. The summed E-state index contributed by atoms with van der Waals surface area (Å²) in [5, 5.41) is 3.86. The number of rotatable bonds is 7. The van der Waals surface area contributed by atoms with Crippen LogP contribution >= 0.6 is 27.5 Å². The van der Waals surface area contributed by atoms with Gasteiger partial charge in [-0.3, -0.25) is 0 Å². The summed E-state index contributed by atoms with van der Waals surface area (Å²) in [6.45, 7) is 7.68. The fourth-order valence-electron chi connectivity index (χ4n) is 1.79. The van der Waals surface area contributed by atoms with Crippen molar-refractivity contribution < 1.29 is 9.53 Å². The number of halogens is 2. The maximum atomic E-state index is 12.2. The Balaban J connectivity index is 2.95. The molecule has 20 heavy (non-hydrogen) atoms. The van der Waals surface area contributed by atoms with Crippen LogP contribution in [0.3, 0.4) is 0 Å². The monoisotopic (exact) mass is 359 g/mol. The number of anilines is 1. The molecule has 0 fully saturated rings. The second kappa shape index (κ2) is 7.70. The topological polar surface area (TPSA) is 38.3 Å². The molecule has 0 amide bonds. The second-order valence-electron chi connectivity index (χ2n) is 4.63. The standard InChI is InChI=1S/C15H19BrClNO2/c1-4-6-9-15(3,14(19)20-5-2)18-11-7-8-13(17)12(16)10-11/h4,7-8,10,18H,1,5-6,9H2,2-3H3. The molecule has 0 aliphatic heterocycles. The molecule has 0 saturated heterocycles. The lowest BCUT2D eigenvalue weighted by atomic mass is 9.95. The largest absolute Gasteiger partial charge is 0.464 e. The zero-order valence-electron chi connectivity index (χ0n) is 11.7. The Morgan fingerprint density at radius 1 is 1.60 bits per heavy atom. The number of nitrogens with one attached hydrogen (secondary N) is 1. The van der Waals surface area contributed by atoms with Gasteiger partial charge in [-0.2, -0.15) is 0 Å². The summed E-state index contributed by atoms with van der Waals surface area (Å²) in [6, 6.07) is 5.44. The minimum Gasteiger partial charge on any atom is -0.464 e. The van der Waals surface area contributed by atoms with E-state index in [2.05, 4.69) is 27.8 Å². The van der Waals surface area contributed by atoms with Crippen LogP contribution in [-0.2, 0) is 9.53 Å². The Morgan fingerprint density at radius 2 is 2.30 bits per heavy atom. The van der Waals surface area contributed by atoms with Crippen LogP contribution in [0.2, 0.25) is 5.02 Å². The fraction of sp³-hybridized carbons (Fsp3) is 0.400. The van der Waals surface area contributed by atoms with Crippen LogP contribution in [0, 0.1) is 0 Å². The maximum absolute atomic E-state index is 12.2. The molecule has 1 N–H and O–H groups in total. The van der Waals surface area contributed by atoms with Crippen LogP contribution < -0.4 is 5.32 Å². The molecule has 0 aromatic heterocycles. The Hall–Kier alpha value is -1.00. The number of benzene rings is 1. The molecule has 110 valence electrons. The van der Waals surface area contributed by atoms with E-state index in [-0.39, 0.29) is 5.97 Å².